The van der Waals surface area contributed by atoms with Gasteiger partial charge in [0.25, 0.3) is 0 Å². The van der Waals surface area contributed by atoms with Crippen molar-refractivity contribution < 1.29 is 0 Å². The molecule has 35 heavy (non-hydrogen) atoms. The van der Waals surface area contributed by atoms with E-state index in [0.717, 1.165) is 0 Å². The molecule has 1 N–H and O–H groups in total. The fourth-order valence-corrected chi connectivity index (χ4v) is 5.21. The Morgan fingerprint density at radius 1 is 0.343 bits per heavy atom. The van der Waals surface area contributed by atoms with Crippen LogP contribution in [0.4, 0.5) is 0 Å². The molecule has 0 spiro atoms. The third kappa shape index (κ3) is 3.41. The van der Waals surface area contributed by atoms with Crippen molar-refractivity contribution in [2.45, 2.75) is 0 Å². The third-order valence-corrected chi connectivity index (χ3v) is 7.02. The number of hydrogen-bond donors (Lipinski definition) is 1. The first kappa shape index (κ1) is 19.8. The Bertz CT molecular complexity index is 1820. The minimum Gasteiger partial charge on any atom is -0.355 e. The molecule has 7 rings (SSSR count). The lowest BCUT2D eigenvalue weighted by Crippen LogP contribution is -1.83. The van der Waals surface area contributed by atoms with Gasteiger partial charge in [0, 0.05) is 21.8 Å². The Hall–Kier alpha value is -4.62. The monoisotopic (exact) mass is 445 g/mol. The van der Waals surface area contributed by atoms with Crippen LogP contribution in [0.25, 0.3) is 66.0 Å². The summed E-state index contributed by atoms with van der Waals surface area (Å²) in [4.78, 5) is 3.58. The summed E-state index contributed by atoms with van der Waals surface area (Å²) >= 11 is 0. The van der Waals surface area contributed by atoms with Crippen LogP contribution < -0.4 is 0 Å². The van der Waals surface area contributed by atoms with Gasteiger partial charge >= 0.3 is 0 Å². The Morgan fingerprint density at radius 2 is 0.886 bits per heavy atom. The van der Waals surface area contributed by atoms with E-state index in [9.17, 15) is 0 Å². The zero-order valence-corrected chi connectivity index (χ0v) is 19.2. The van der Waals surface area contributed by atoms with E-state index in [1.807, 2.05) is 0 Å². The molecule has 0 bridgehead atoms. The average Bonchev–Trinajstić information content (AvgIpc) is 3.30. The average molecular weight is 446 g/mol. The fraction of sp³-hybridized carbons (Fsp3) is 0. The Labute approximate surface area is 204 Å². The minimum absolute atomic E-state index is 1.17. The van der Waals surface area contributed by atoms with Gasteiger partial charge in [-0.15, -0.1) is 0 Å². The molecule has 0 saturated carbocycles. The second-order valence-corrected chi connectivity index (χ2v) is 9.12. The molecular formula is C34H23N. The van der Waals surface area contributed by atoms with E-state index in [-0.39, 0.29) is 0 Å². The lowest BCUT2D eigenvalue weighted by Gasteiger charge is -2.09. The van der Waals surface area contributed by atoms with Gasteiger partial charge in [-0.25, -0.2) is 0 Å². The molecule has 0 aliphatic rings. The quantitative estimate of drug-likeness (QED) is 0.279. The van der Waals surface area contributed by atoms with Crippen LogP contribution in [0.5, 0.6) is 0 Å². The number of H-pyrrole nitrogens is 1. The van der Waals surface area contributed by atoms with Crippen molar-refractivity contribution in [3.63, 3.8) is 0 Å². The normalized spacial score (nSPS) is 11.4. The van der Waals surface area contributed by atoms with Crippen LogP contribution >= 0.6 is 0 Å². The molecule has 0 amide bonds. The number of benzene rings is 6. The number of fused-ring (bicyclic) bond motifs is 4. The first-order chi connectivity index (χ1) is 17.3. The SMILES string of the molecule is c1ccc(-c2ccc3[nH]c4ccc(-c5ccc(-c6cccc7ccccc67)cc5)cc4c3c2)cc1. The molecule has 1 heteroatoms. The highest BCUT2D eigenvalue weighted by Gasteiger charge is 2.09. The molecule has 0 aliphatic carbocycles. The second-order valence-electron chi connectivity index (χ2n) is 9.12. The van der Waals surface area contributed by atoms with E-state index in [2.05, 4.69) is 138 Å². The molecule has 6 aromatic carbocycles. The summed E-state index contributed by atoms with van der Waals surface area (Å²) in [5.41, 5.74) is 9.79. The molecule has 7 aromatic rings. The molecule has 0 radical (unpaired) electrons. The highest BCUT2D eigenvalue weighted by atomic mass is 14.7. The van der Waals surface area contributed by atoms with E-state index >= 15 is 0 Å². The first-order valence-corrected chi connectivity index (χ1v) is 12.0. The van der Waals surface area contributed by atoms with Crippen LogP contribution in [-0.4, -0.2) is 4.98 Å². The van der Waals surface area contributed by atoms with Crippen molar-refractivity contribution in [2.24, 2.45) is 0 Å². The van der Waals surface area contributed by atoms with Crippen LogP contribution in [-0.2, 0) is 0 Å². The minimum atomic E-state index is 1.17. The molecule has 0 saturated heterocycles. The van der Waals surface area contributed by atoms with E-state index in [1.54, 1.807) is 0 Å². The van der Waals surface area contributed by atoms with Crippen LogP contribution in [0, 0.1) is 0 Å². The molecule has 1 heterocycles. The Balaban J connectivity index is 1.30. The second kappa shape index (κ2) is 8.00. The van der Waals surface area contributed by atoms with Crippen LogP contribution in [0.3, 0.4) is 0 Å². The summed E-state index contributed by atoms with van der Waals surface area (Å²) in [7, 11) is 0. The van der Waals surface area contributed by atoms with Crippen molar-refractivity contribution in [1.82, 2.24) is 4.98 Å². The smallest absolute Gasteiger partial charge is 0.0465 e. The summed E-state index contributed by atoms with van der Waals surface area (Å²) in [6.45, 7) is 0. The molecule has 0 aliphatic heterocycles. The number of hydrogen-bond acceptors (Lipinski definition) is 0. The summed E-state index contributed by atoms with van der Waals surface area (Å²) < 4.78 is 0. The number of nitrogens with one attached hydrogen (secondary N) is 1. The maximum Gasteiger partial charge on any atom is 0.0465 e. The van der Waals surface area contributed by atoms with Crippen LogP contribution in [0.2, 0.25) is 0 Å². The fourth-order valence-electron chi connectivity index (χ4n) is 5.21. The summed E-state index contributed by atoms with van der Waals surface area (Å²) in [5, 5.41) is 5.08. The summed E-state index contributed by atoms with van der Waals surface area (Å²) in [5.74, 6) is 0. The van der Waals surface area contributed by atoms with Crippen molar-refractivity contribution in [1.29, 1.82) is 0 Å². The standard InChI is InChI=1S/C34H23N/c1-2-7-23(8-3-1)27-17-19-33-31(21-27)32-22-28(18-20-34(32)35-33)24-13-15-26(16-14-24)30-12-6-10-25-9-4-5-11-29(25)30/h1-22,35H. The topological polar surface area (TPSA) is 15.8 Å². The molecule has 1 nitrogen and oxygen atoms in total. The van der Waals surface area contributed by atoms with Crippen molar-refractivity contribution in [3.05, 3.63) is 133 Å². The van der Waals surface area contributed by atoms with Gasteiger partial charge in [0.2, 0.25) is 0 Å². The van der Waals surface area contributed by atoms with Crippen molar-refractivity contribution in [2.75, 3.05) is 0 Å². The maximum atomic E-state index is 3.58. The summed E-state index contributed by atoms with van der Waals surface area (Å²) in [6.07, 6.45) is 0. The van der Waals surface area contributed by atoms with E-state index < -0.39 is 0 Å². The van der Waals surface area contributed by atoms with E-state index in [0.29, 0.717) is 0 Å². The van der Waals surface area contributed by atoms with Crippen molar-refractivity contribution in [3.8, 4) is 33.4 Å². The zero-order chi connectivity index (χ0) is 23.2. The summed E-state index contributed by atoms with van der Waals surface area (Å²) in [6, 6.07) is 48.1. The number of aromatic nitrogens is 1. The van der Waals surface area contributed by atoms with Gasteiger partial charge in [-0.1, -0.05) is 109 Å². The van der Waals surface area contributed by atoms with Gasteiger partial charge in [0.15, 0.2) is 0 Å². The molecule has 1 aromatic heterocycles. The van der Waals surface area contributed by atoms with Gasteiger partial charge in [-0.05, 0) is 68.4 Å². The zero-order valence-electron chi connectivity index (χ0n) is 19.2. The molecular weight excluding hydrogens is 422 g/mol. The van der Waals surface area contributed by atoms with Gasteiger partial charge in [0.1, 0.15) is 0 Å². The van der Waals surface area contributed by atoms with E-state index in [1.165, 1.54) is 66.0 Å². The van der Waals surface area contributed by atoms with Crippen molar-refractivity contribution >= 4 is 32.6 Å². The van der Waals surface area contributed by atoms with Gasteiger partial charge in [-0.3, -0.25) is 0 Å². The Morgan fingerprint density at radius 3 is 1.60 bits per heavy atom. The predicted octanol–water partition coefficient (Wildman–Crippen LogP) is 9.48. The van der Waals surface area contributed by atoms with Gasteiger partial charge in [0.05, 0.1) is 0 Å². The first-order valence-electron chi connectivity index (χ1n) is 12.0. The number of rotatable bonds is 3. The highest BCUT2D eigenvalue weighted by molar-refractivity contribution is 6.09. The lowest BCUT2D eigenvalue weighted by atomic mass is 9.95. The molecule has 0 atom stereocenters. The predicted molar refractivity (Wildman–Crippen MR) is 150 cm³/mol. The third-order valence-electron chi connectivity index (χ3n) is 7.02. The Kier molecular flexibility index (Phi) is 4.53. The van der Waals surface area contributed by atoms with E-state index in [4.69, 9.17) is 0 Å². The maximum absolute atomic E-state index is 3.58. The lowest BCUT2D eigenvalue weighted by molar-refractivity contribution is 1.54. The van der Waals surface area contributed by atoms with Gasteiger partial charge in [-0.2, -0.15) is 0 Å². The van der Waals surface area contributed by atoms with Gasteiger partial charge < -0.3 is 4.98 Å². The number of aromatic amines is 1. The molecule has 164 valence electrons. The molecule has 0 fully saturated rings. The molecule has 0 unspecified atom stereocenters. The highest BCUT2D eigenvalue weighted by Crippen LogP contribution is 2.34. The van der Waals surface area contributed by atoms with Crippen LogP contribution in [0.15, 0.2) is 133 Å². The van der Waals surface area contributed by atoms with Crippen LogP contribution in [0.1, 0.15) is 0 Å². The largest absolute Gasteiger partial charge is 0.355 e.